The lowest BCUT2D eigenvalue weighted by molar-refractivity contribution is -0.122. The van der Waals surface area contributed by atoms with Gasteiger partial charge in [0.15, 0.2) is 5.78 Å². The number of Topliss-reactive ketones (excluding diaryl/α,β-unsaturated/α-hetero) is 1. The summed E-state index contributed by atoms with van der Waals surface area (Å²) in [5.41, 5.74) is 4.75. The number of alkyl carbamates (subject to hydrolysis) is 1. The summed E-state index contributed by atoms with van der Waals surface area (Å²) >= 11 is 0. The Morgan fingerprint density at radius 3 is 2.03 bits per heavy atom. The molecule has 0 heterocycles. The van der Waals surface area contributed by atoms with Crippen LogP contribution in [0.25, 0.3) is 11.1 Å². The van der Waals surface area contributed by atoms with Crippen LogP contribution in [-0.2, 0) is 9.53 Å². The molecule has 154 valence electrons. The second kappa shape index (κ2) is 9.25. The molecule has 0 saturated heterocycles. The molecule has 3 rings (SSSR count). The number of hydrogen-bond donors (Lipinski definition) is 1. The van der Waals surface area contributed by atoms with E-state index in [1.165, 1.54) is 22.3 Å². The van der Waals surface area contributed by atoms with Gasteiger partial charge in [-0.2, -0.15) is 0 Å². The molecule has 4 heteroatoms. The highest BCUT2D eigenvalue weighted by molar-refractivity contribution is 5.88. The number of benzene rings is 2. The lowest BCUT2D eigenvalue weighted by Crippen LogP contribution is -2.45. The largest absolute Gasteiger partial charge is 0.449 e. The van der Waals surface area contributed by atoms with Crippen LogP contribution in [0, 0.1) is 11.8 Å². The van der Waals surface area contributed by atoms with E-state index < -0.39 is 12.1 Å². The predicted molar refractivity (Wildman–Crippen MR) is 116 cm³/mol. The van der Waals surface area contributed by atoms with Crippen molar-refractivity contribution in [2.45, 2.75) is 52.5 Å². The number of hydrogen-bond acceptors (Lipinski definition) is 3. The van der Waals surface area contributed by atoms with E-state index in [2.05, 4.69) is 29.6 Å². The van der Waals surface area contributed by atoms with Gasteiger partial charge in [-0.05, 0) is 34.1 Å². The highest BCUT2D eigenvalue weighted by Crippen LogP contribution is 2.44. The standard InChI is InChI=1S/C25H31NO3/c1-5-17(4)24(23(27)14-16(2)3)26-25(28)29-15-22-20-12-8-6-10-18(20)19-11-7-9-13-21(19)22/h6-13,16-17,22,24H,5,14-15H2,1-4H3,(H,26,28)/t17-,24-/m1/s1. The summed E-state index contributed by atoms with van der Waals surface area (Å²) in [6, 6.07) is 16.0. The zero-order chi connectivity index (χ0) is 21.0. The van der Waals surface area contributed by atoms with Gasteiger partial charge < -0.3 is 10.1 Å². The third-order valence-electron chi connectivity index (χ3n) is 5.79. The molecule has 0 saturated carbocycles. The Hall–Kier alpha value is -2.62. The molecule has 1 amide bonds. The molecule has 2 aromatic rings. The molecule has 0 bridgehead atoms. The molecule has 0 radical (unpaired) electrons. The van der Waals surface area contributed by atoms with E-state index in [-0.39, 0.29) is 30.1 Å². The molecule has 2 atom stereocenters. The van der Waals surface area contributed by atoms with Crippen LogP contribution in [-0.4, -0.2) is 24.5 Å². The van der Waals surface area contributed by atoms with Gasteiger partial charge >= 0.3 is 6.09 Å². The van der Waals surface area contributed by atoms with Gasteiger partial charge in [-0.25, -0.2) is 4.79 Å². The van der Waals surface area contributed by atoms with Crippen LogP contribution in [0.4, 0.5) is 4.79 Å². The molecule has 0 spiro atoms. The average molecular weight is 394 g/mol. The number of fused-ring (bicyclic) bond motifs is 3. The number of ketones is 1. The zero-order valence-corrected chi connectivity index (χ0v) is 17.8. The van der Waals surface area contributed by atoms with Gasteiger partial charge in [0, 0.05) is 12.3 Å². The minimum Gasteiger partial charge on any atom is -0.449 e. The Bertz CT molecular complexity index is 828. The predicted octanol–water partition coefficient (Wildman–Crippen LogP) is 5.56. The quantitative estimate of drug-likeness (QED) is 0.639. The lowest BCUT2D eigenvalue weighted by Gasteiger charge is -2.24. The van der Waals surface area contributed by atoms with Crippen LogP contribution in [0.1, 0.15) is 57.6 Å². The summed E-state index contributed by atoms with van der Waals surface area (Å²) in [6.45, 7) is 8.30. The molecule has 0 fully saturated rings. The summed E-state index contributed by atoms with van der Waals surface area (Å²) < 4.78 is 5.62. The maximum Gasteiger partial charge on any atom is 0.407 e. The molecule has 0 unspecified atom stereocenters. The van der Waals surface area contributed by atoms with Crippen LogP contribution < -0.4 is 5.32 Å². The molecule has 0 aliphatic heterocycles. The molecule has 29 heavy (non-hydrogen) atoms. The van der Waals surface area contributed by atoms with Gasteiger partial charge in [-0.1, -0.05) is 82.6 Å². The highest BCUT2D eigenvalue weighted by atomic mass is 16.5. The van der Waals surface area contributed by atoms with Gasteiger partial charge in [-0.15, -0.1) is 0 Å². The van der Waals surface area contributed by atoms with E-state index in [0.717, 1.165) is 6.42 Å². The summed E-state index contributed by atoms with van der Waals surface area (Å²) in [5, 5.41) is 2.83. The Labute approximate surface area is 173 Å². The number of carbonyl (C=O) groups excluding carboxylic acids is 2. The summed E-state index contributed by atoms with van der Waals surface area (Å²) in [7, 11) is 0. The normalized spacial score (nSPS) is 14.8. The number of carbonyl (C=O) groups is 2. The first kappa shape index (κ1) is 21.1. The molecule has 4 nitrogen and oxygen atoms in total. The van der Waals surface area contributed by atoms with Crippen molar-refractivity contribution in [3.8, 4) is 11.1 Å². The van der Waals surface area contributed by atoms with E-state index in [9.17, 15) is 9.59 Å². The maximum absolute atomic E-state index is 12.6. The summed E-state index contributed by atoms with van der Waals surface area (Å²) in [6.07, 6.45) is 0.755. The first-order valence-corrected chi connectivity index (χ1v) is 10.6. The molecular formula is C25H31NO3. The van der Waals surface area contributed by atoms with Crippen molar-refractivity contribution in [2.75, 3.05) is 6.61 Å². The number of nitrogens with one attached hydrogen (secondary N) is 1. The SMILES string of the molecule is CC[C@@H](C)[C@@H](NC(=O)OCC1c2ccccc2-c2ccccc21)C(=O)CC(C)C. The van der Waals surface area contributed by atoms with Gasteiger partial charge in [0.05, 0.1) is 6.04 Å². The van der Waals surface area contributed by atoms with Crippen molar-refractivity contribution >= 4 is 11.9 Å². The van der Waals surface area contributed by atoms with E-state index in [1.54, 1.807) is 0 Å². The van der Waals surface area contributed by atoms with Gasteiger partial charge in [0.2, 0.25) is 0 Å². The van der Waals surface area contributed by atoms with E-state index >= 15 is 0 Å². The van der Waals surface area contributed by atoms with Crippen molar-refractivity contribution in [1.82, 2.24) is 5.32 Å². The van der Waals surface area contributed by atoms with Gasteiger partial charge in [-0.3, -0.25) is 4.79 Å². The molecule has 1 N–H and O–H groups in total. The summed E-state index contributed by atoms with van der Waals surface area (Å²) in [4.78, 5) is 25.2. The second-order valence-corrected chi connectivity index (χ2v) is 8.40. The van der Waals surface area contributed by atoms with Crippen LogP contribution >= 0.6 is 0 Å². The van der Waals surface area contributed by atoms with E-state index in [1.807, 2.05) is 52.0 Å². The van der Waals surface area contributed by atoms with E-state index in [0.29, 0.717) is 6.42 Å². The lowest BCUT2D eigenvalue weighted by atomic mass is 9.91. The first-order valence-electron chi connectivity index (χ1n) is 10.6. The third kappa shape index (κ3) is 4.69. The maximum atomic E-state index is 12.6. The van der Waals surface area contributed by atoms with Crippen LogP contribution in [0.3, 0.4) is 0 Å². The second-order valence-electron chi connectivity index (χ2n) is 8.40. The van der Waals surface area contributed by atoms with Gasteiger partial charge in [0.1, 0.15) is 6.61 Å². The minimum atomic E-state index is -0.519. The van der Waals surface area contributed by atoms with Crippen LogP contribution in [0.15, 0.2) is 48.5 Å². The van der Waals surface area contributed by atoms with Crippen molar-refractivity contribution in [2.24, 2.45) is 11.8 Å². The number of amides is 1. The first-order chi connectivity index (χ1) is 13.9. The molecule has 2 aromatic carbocycles. The smallest absolute Gasteiger partial charge is 0.407 e. The molecular weight excluding hydrogens is 362 g/mol. The minimum absolute atomic E-state index is 0.0153. The molecule has 1 aliphatic carbocycles. The van der Waals surface area contributed by atoms with Crippen LogP contribution in [0.5, 0.6) is 0 Å². The average Bonchev–Trinajstić information content (AvgIpc) is 3.03. The Morgan fingerprint density at radius 2 is 1.52 bits per heavy atom. The number of rotatable bonds is 8. The Balaban J connectivity index is 1.69. The van der Waals surface area contributed by atoms with Gasteiger partial charge in [0.25, 0.3) is 0 Å². The Kier molecular flexibility index (Phi) is 6.73. The van der Waals surface area contributed by atoms with Crippen molar-refractivity contribution in [1.29, 1.82) is 0 Å². The fraction of sp³-hybridized carbons (Fsp3) is 0.440. The topological polar surface area (TPSA) is 55.4 Å². The molecule has 0 aromatic heterocycles. The fourth-order valence-electron chi connectivity index (χ4n) is 4.07. The third-order valence-corrected chi connectivity index (χ3v) is 5.79. The highest BCUT2D eigenvalue weighted by Gasteiger charge is 2.30. The monoisotopic (exact) mass is 393 g/mol. The molecule has 1 aliphatic rings. The van der Waals surface area contributed by atoms with Crippen molar-refractivity contribution in [3.63, 3.8) is 0 Å². The van der Waals surface area contributed by atoms with E-state index in [4.69, 9.17) is 4.74 Å². The fourth-order valence-corrected chi connectivity index (χ4v) is 4.07. The zero-order valence-electron chi connectivity index (χ0n) is 17.8. The van der Waals surface area contributed by atoms with Crippen molar-refractivity contribution in [3.05, 3.63) is 59.7 Å². The summed E-state index contributed by atoms with van der Waals surface area (Å²) in [5.74, 6) is 0.421. The van der Waals surface area contributed by atoms with Crippen molar-refractivity contribution < 1.29 is 14.3 Å². The number of ether oxygens (including phenoxy) is 1. The van der Waals surface area contributed by atoms with Crippen LogP contribution in [0.2, 0.25) is 0 Å². The Morgan fingerprint density at radius 1 is 0.966 bits per heavy atom.